The second-order valence-electron chi connectivity index (χ2n) is 24.2. The maximum atomic E-state index is 5.19. The number of hydrogen-bond donors (Lipinski definition) is 0. The standard InChI is InChI=1S/C70H70N4/c1-66(2,3)48-33-35-49(36-34-48)69(10,11)52-39-40-71-65(46-52)74-61-30-19-18-29-59(61)60-38-37-54(45-64(60)74)70(50-23-14-12-15-24-50,51-25-16-13-17-26-51)53-27-22-28-57(42-53)72-47-73(63-32-21-20-31-62(63)72)58-43-55(67(4,5)6)41-56(44-58)68(7,8)9/h12-46H,47H2,1-11H3. The minimum absolute atomic E-state index is 0.00427. The van der Waals surface area contributed by atoms with Crippen LogP contribution in [0.25, 0.3) is 27.6 Å². The summed E-state index contributed by atoms with van der Waals surface area (Å²) in [4.78, 5) is 10.2. The molecule has 0 saturated carbocycles. The fourth-order valence-electron chi connectivity index (χ4n) is 11.5. The average molecular weight is 967 g/mol. The molecule has 0 atom stereocenters. The molecule has 1 aliphatic heterocycles. The molecule has 11 rings (SSSR count). The van der Waals surface area contributed by atoms with Gasteiger partial charge < -0.3 is 9.80 Å². The first-order chi connectivity index (χ1) is 35.3. The Balaban J connectivity index is 1.09. The number of benzene rings is 8. The van der Waals surface area contributed by atoms with E-state index in [-0.39, 0.29) is 21.7 Å². The normalized spacial score (nSPS) is 13.5. The number of para-hydroxylation sites is 3. The van der Waals surface area contributed by atoms with E-state index in [1.54, 1.807) is 0 Å². The van der Waals surface area contributed by atoms with Crippen molar-refractivity contribution in [2.24, 2.45) is 0 Å². The van der Waals surface area contributed by atoms with Crippen molar-refractivity contribution in [1.82, 2.24) is 9.55 Å². The molecule has 0 saturated heterocycles. The van der Waals surface area contributed by atoms with Crippen LogP contribution in [-0.2, 0) is 27.1 Å². The van der Waals surface area contributed by atoms with Crippen molar-refractivity contribution in [3.8, 4) is 5.82 Å². The highest BCUT2D eigenvalue weighted by Crippen LogP contribution is 2.50. The number of nitrogens with zero attached hydrogens (tertiary/aromatic N) is 4. The van der Waals surface area contributed by atoms with Gasteiger partial charge in [-0.25, -0.2) is 4.98 Å². The quantitative estimate of drug-likeness (QED) is 0.135. The van der Waals surface area contributed by atoms with Gasteiger partial charge in [-0.3, -0.25) is 4.57 Å². The van der Waals surface area contributed by atoms with Gasteiger partial charge in [0.15, 0.2) is 0 Å². The van der Waals surface area contributed by atoms with Crippen LogP contribution in [0.3, 0.4) is 0 Å². The van der Waals surface area contributed by atoms with Crippen molar-refractivity contribution in [3.05, 3.63) is 263 Å². The largest absolute Gasteiger partial charge is 0.321 e. The van der Waals surface area contributed by atoms with E-state index in [0.717, 1.165) is 22.5 Å². The molecule has 0 fully saturated rings. The van der Waals surface area contributed by atoms with E-state index in [1.165, 1.54) is 77.9 Å². The van der Waals surface area contributed by atoms with Gasteiger partial charge in [0.2, 0.25) is 0 Å². The smallest absolute Gasteiger partial charge is 0.137 e. The number of rotatable bonds is 9. The fourth-order valence-corrected chi connectivity index (χ4v) is 11.5. The zero-order chi connectivity index (χ0) is 51.8. The zero-order valence-electron chi connectivity index (χ0n) is 45.2. The maximum Gasteiger partial charge on any atom is 0.137 e. The van der Waals surface area contributed by atoms with Crippen LogP contribution < -0.4 is 9.80 Å². The lowest BCUT2D eigenvalue weighted by molar-refractivity contribution is 0.568. The molecule has 0 amide bonds. The third kappa shape index (κ3) is 8.39. The van der Waals surface area contributed by atoms with Crippen LogP contribution in [-0.4, -0.2) is 16.2 Å². The Kier molecular flexibility index (Phi) is 11.9. The molecule has 370 valence electrons. The van der Waals surface area contributed by atoms with E-state index in [4.69, 9.17) is 4.98 Å². The van der Waals surface area contributed by atoms with Crippen molar-refractivity contribution in [2.75, 3.05) is 16.5 Å². The van der Waals surface area contributed by atoms with Crippen LogP contribution in [0.5, 0.6) is 0 Å². The maximum absolute atomic E-state index is 5.19. The van der Waals surface area contributed by atoms with E-state index in [1.807, 2.05) is 6.20 Å². The molecule has 0 spiro atoms. The predicted octanol–water partition coefficient (Wildman–Crippen LogP) is 18.0. The molecule has 1 aliphatic rings. The van der Waals surface area contributed by atoms with Gasteiger partial charge in [-0.2, -0.15) is 0 Å². The number of hydrogen-bond acceptors (Lipinski definition) is 3. The molecule has 0 bridgehead atoms. The van der Waals surface area contributed by atoms with Crippen LogP contribution in [0.2, 0.25) is 0 Å². The van der Waals surface area contributed by atoms with E-state index in [0.29, 0.717) is 6.67 Å². The summed E-state index contributed by atoms with van der Waals surface area (Å²) in [6.07, 6.45) is 1.99. The molecule has 4 nitrogen and oxygen atoms in total. The molecule has 74 heavy (non-hydrogen) atoms. The number of aromatic nitrogens is 2. The molecule has 4 heteroatoms. The van der Waals surface area contributed by atoms with Crippen LogP contribution in [0.4, 0.5) is 22.7 Å². The van der Waals surface area contributed by atoms with Gasteiger partial charge in [0.05, 0.1) is 27.8 Å². The Morgan fingerprint density at radius 1 is 0.338 bits per heavy atom. The first-order valence-electron chi connectivity index (χ1n) is 26.5. The van der Waals surface area contributed by atoms with Gasteiger partial charge in [-0.15, -0.1) is 0 Å². The van der Waals surface area contributed by atoms with Crippen LogP contribution >= 0.6 is 0 Å². The van der Waals surface area contributed by atoms with Gasteiger partial charge in [0, 0.05) is 33.8 Å². The number of anilines is 4. The van der Waals surface area contributed by atoms with Crippen molar-refractivity contribution >= 4 is 44.6 Å². The molecule has 0 aliphatic carbocycles. The van der Waals surface area contributed by atoms with Gasteiger partial charge in [0.1, 0.15) is 12.5 Å². The predicted molar refractivity (Wildman–Crippen MR) is 314 cm³/mol. The molecule has 0 radical (unpaired) electrons. The Hall–Kier alpha value is -7.69. The number of fused-ring (bicyclic) bond motifs is 4. The third-order valence-corrected chi connectivity index (χ3v) is 16.0. The first-order valence-corrected chi connectivity index (χ1v) is 26.5. The zero-order valence-corrected chi connectivity index (χ0v) is 45.2. The summed E-state index contributed by atoms with van der Waals surface area (Å²) in [7, 11) is 0. The van der Waals surface area contributed by atoms with E-state index >= 15 is 0 Å². The summed E-state index contributed by atoms with van der Waals surface area (Å²) >= 11 is 0. The van der Waals surface area contributed by atoms with Crippen LogP contribution in [0.15, 0.2) is 212 Å². The van der Waals surface area contributed by atoms with Crippen LogP contribution in [0, 0.1) is 0 Å². The Bertz CT molecular complexity index is 3600. The van der Waals surface area contributed by atoms with Gasteiger partial charge in [0.25, 0.3) is 0 Å². The fraction of sp³-hybridized carbons (Fsp3) is 0.243. The summed E-state index contributed by atoms with van der Waals surface area (Å²) in [5, 5.41) is 2.39. The Labute approximate surface area is 440 Å². The Morgan fingerprint density at radius 2 is 0.824 bits per heavy atom. The molecule has 10 aromatic rings. The van der Waals surface area contributed by atoms with E-state index < -0.39 is 5.41 Å². The lowest BCUT2D eigenvalue weighted by Gasteiger charge is -2.37. The molecule has 0 N–H and O–H groups in total. The van der Waals surface area contributed by atoms with Gasteiger partial charge in [-0.05, 0) is 127 Å². The summed E-state index contributed by atoms with van der Waals surface area (Å²) in [5.74, 6) is 0.900. The topological polar surface area (TPSA) is 24.3 Å². The van der Waals surface area contributed by atoms with Crippen molar-refractivity contribution in [2.45, 2.75) is 103 Å². The second kappa shape index (κ2) is 18.1. The van der Waals surface area contributed by atoms with Crippen molar-refractivity contribution < 1.29 is 0 Å². The summed E-state index contributed by atoms with van der Waals surface area (Å²) < 4.78 is 2.39. The van der Waals surface area contributed by atoms with Crippen molar-refractivity contribution in [3.63, 3.8) is 0 Å². The average Bonchev–Trinajstić information content (AvgIpc) is 3.95. The lowest BCUT2D eigenvalue weighted by atomic mass is 9.65. The monoisotopic (exact) mass is 967 g/mol. The van der Waals surface area contributed by atoms with E-state index in [2.05, 4.69) is 297 Å². The van der Waals surface area contributed by atoms with Crippen LogP contribution in [0.1, 0.15) is 126 Å². The number of pyridine rings is 1. The minimum Gasteiger partial charge on any atom is -0.321 e. The second-order valence-corrected chi connectivity index (χ2v) is 24.2. The SMILES string of the molecule is CC(C)(C)c1ccc(C(C)(C)c2ccnc(-n3c4ccccc4c4ccc(C(c5ccccc5)(c5ccccc5)c5cccc(N6CN(c7cc(C(C)(C)C)cc(C(C)(C)C)c7)c7ccccc76)c5)cc43)c2)cc1. The molecule has 8 aromatic carbocycles. The first kappa shape index (κ1) is 48.6. The molecule has 2 aromatic heterocycles. The van der Waals surface area contributed by atoms with Gasteiger partial charge in [-0.1, -0.05) is 222 Å². The highest BCUT2D eigenvalue weighted by atomic mass is 15.4. The Morgan fingerprint density at radius 3 is 1.43 bits per heavy atom. The molecular formula is C70H70N4. The molecule has 3 heterocycles. The molecular weight excluding hydrogens is 897 g/mol. The molecule has 0 unspecified atom stereocenters. The summed E-state index contributed by atoms with van der Waals surface area (Å²) in [5.41, 5.74) is 17.4. The highest BCUT2D eigenvalue weighted by molar-refractivity contribution is 6.09. The minimum atomic E-state index is -0.716. The van der Waals surface area contributed by atoms with E-state index in [9.17, 15) is 0 Å². The summed E-state index contributed by atoms with van der Waals surface area (Å²) in [6, 6.07) is 77.4. The summed E-state index contributed by atoms with van der Waals surface area (Å²) in [6.45, 7) is 26.1. The highest BCUT2D eigenvalue weighted by Gasteiger charge is 2.40. The van der Waals surface area contributed by atoms with Gasteiger partial charge >= 0.3 is 0 Å². The van der Waals surface area contributed by atoms with Crippen molar-refractivity contribution in [1.29, 1.82) is 0 Å². The lowest BCUT2D eigenvalue weighted by Crippen LogP contribution is -2.31. The third-order valence-electron chi connectivity index (χ3n) is 16.0.